The molecule has 1 aliphatic rings. The normalized spacial score (nSPS) is 15.3. The first-order chi connectivity index (χ1) is 9.38. The summed E-state index contributed by atoms with van der Waals surface area (Å²) in [5, 5.41) is 11.0. The maximum atomic E-state index is 12.0. The van der Waals surface area contributed by atoms with Crippen LogP contribution in [-0.2, 0) is 14.3 Å². The standard InChI is InChI=1S/C13H20N2O5/c1-8(9(2)12(17)18)11(16)14-13(19)15(6-7-20-3)10-4-5-10/h10H,4-7H2,1-3H3,(H,17,18)(H,14,16,19). The zero-order valence-corrected chi connectivity index (χ0v) is 11.9. The number of nitrogens with one attached hydrogen (secondary N) is 1. The first-order valence-electron chi connectivity index (χ1n) is 6.40. The summed E-state index contributed by atoms with van der Waals surface area (Å²) in [5.74, 6) is -1.86. The van der Waals surface area contributed by atoms with Crippen LogP contribution in [-0.4, -0.2) is 54.2 Å². The van der Waals surface area contributed by atoms with Crippen LogP contribution in [0, 0.1) is 0 Å². The van der Waals surface area contributed by atoms with Crippen molar-refractivity contribution < 1.29 is 24.2 Å². The Balaban J connectivity index is 2.66. The summed E-state index contributed by atoms with van der Waals surface area (Å²) in [7, 11) is 1.54. The summed E-state index contributed by atoms with van der Waals surface area (Å²) in [4.78, 5) is 36.1. The minimum atomic E-state index is -1.18. The van der Waals surface area contributed by atoms with Crippen molar-refractivity contribution in [2.24, 2.45) is 0 Å². The number of hydrogen-bond acceptors (Lipinski definition) is 4. The van der Waals surface area contributed by atoms with E-state index in [1.165, 1.54) is 21.0 Å². The molecule has 7 heteroatoms. The molecule has 7 nitrogen and oxygen atoms in total. The van der Waals surface area contributed by atoms with Gasteiger partial charge in [-0.1, -0.05) is 0 Å². The third-order valence-corrected chi connectivity index (χ3v) is 3.23. The van der Waals surface area contributed by atoms with Gasteiger partial charge in [-0.3, -0.25) is 10.1 Å². The van der Waals surface area contributed by atoms with Crippen LogP contribution < -0.4 is 5.32 Å². The summed E-state index contributed by atoms with van der Waals surface area (Å²) in [6.07, 6.45) is 1.82. The van der Waals surface area contributed by atoms with Crippen molar-refractivity contribution >= 4 is 17.9 Å². The minimum Gasteiger partial charge on any atom is -0.478 e. The predicted octanol–water partition coefficient (Wildman–Crippen LogP) is 0.754. The number of amides is 3. The molecule has 0 saturated heterocycles. The molecular weight excluding hydrogens is 264 g/mol. The van der Waals surface area contributed by atoms with Crippen LogP contribution in [0.4, 0.5) is 4.79 Å². The number of carbonyl (C=O) groups is 3. The third-order valence-electron chi connectivity index (χ3n) is 3.23. The van der Waals surface area contributed by atoms with E-state index in [2.05, 4.69) is 5.32 Å². The SMILES string of the molecule is COCCN(C(=O)NC(=O)C(C)=C(C)C(=O)O)C1CC1. The lowest BCUT2D eigenvalue weighted by molar-refractivity contribution is -0.133. The van der Waals surface area contributed by atoms with Crippen molar-refractivity contribution in [1.82, 2.24) is 10.2 Å². The number of carboxylic acids is 1. The van der Waals surface area contributed by atoms with Crippen molar-refractivity contribution in [2.75, 3.05) is 20.3 Å². The van der Waals surface area contributed by atoms with Gasteiger partial charge in [0.1, 0.15) is 0 Å². The monoisotopic (exact) mass is 284 g/mol. The van der Waals surface area contributed by atoms with Gasteiger partial charge in [-0.15, -0.1) is 0 Å². The molecule has 0 heterocycles. The lowest BCUT2D eigenvalue weighted by Gasteiger charge is -2.22. The van der Waals surface area contributed by atoms with E-state index >= 15 is 0 Å². The van der Waals surface area contributed by atoms with E-state index in [1.54, 1.807) is 4.90 Å². The number of hydrogen-bond donors (Lipinski definition) is 2. The van der Waals surface area contributed by atoms with Gasteiger partial charge in [-0.25, -0.2) is 9.59 Å². The molecule has 0 radical (unpaired) electrons. The van der Waals surface area contributed by atoms with Crippen LogP contribution in [0.1, 0.15) is 26.7 Å². The Morgan fingerprint density at radius 3 is 2.30 bits per heavy atom. The number of methoxy groups -OCH3 is 1. The van der Waals surface area contributed by atoms with Gasteiger partial charge in [-0.05, 0) is 26.7 Å². The van der Waals surface area contributed by atoms with Gasteiger partial charge >= 0.3 is 12.0 Å². The van der Waals surface area contributed by atoms with Gasteiger partial charge in [0.15, 0.2) is 0 Å². The van der Waals surface area contributed by atoms with Crippen molar-refractivity contribution in [3.8, 4) is 0 Å². The summed E-state index contributed by atoms with van der Waals surface area (Å²) in [6, 6.07) is -0.366. The summed E-state index contributed by atoms with van der Waals surface area (Å²) < 4.78 is 4.93. The molecule has 112 valence electrons. The number of ether oxygens (including phenoxy) is 1. The van der Waals surface area contributed by atoms with Crippen molar-refractivity contribution in [3.05, 3.63) is 11.1 Å². The van der Waals surface area contributed by atoms with Crippen LogP contribution >= 0.6 is 0 Å². The van der Waals surface area contributed by atoms with Gasteiger partial charge < -0.3 is 14.7 Å². The maximum absolute atomic E-state index is 12.0. The Morgan fingerprint density at radius 2 is 1.85 bits per heavy atom. The molecule has 1 aliphatic carbocycles. The van der Waals surface area contributed by atoms with Crippen LogP contribution in [0.3, 0.4) is 0 Å². The second-order valence-corrected chi connectivity index (χ2v) is 4.73. The number of urea groups is 1. The van der Waals surface area contributed by atoms with Crippen molar-refractivity contribution in [1.29, 1.82) is 0 Å². The van der Waals surface area contributed by atoms with Crippen LogP contribution in [0.25, 0.3) is 0 Å². The second-order valence-electron chi connectivity index (χ2n) is 4.73. The first kappa shape index (κ1) is 16.2. The Bertz CT molecular complexity index is 440. The number of carboxylic acid groups (broad SMARTS) is 1. The van der Waals surface area contributed by atoms with E-state index in [4.69, 9.17) is 9.84 Å². The van der Waals surface area contributed by atoms with Crippen LogP contribution in [0.5, 0.6) is 0 Å². The summed E-state index contributed by atoms with van der Waals surface area (Å²) in [5.41, 5.74) is -0.0569. The molecule has 0 spiro atoms. The third kappa shape index (κ3) is 4.34. The molecule has 1 saturated carbocycles. The zero-order chi connectivity index (χ0) is 15.3. The Morgan fingerprint density at radius 1 is 1.25 bits per heavy atom. The molecular formula is C13H20N2O5. The van der Waals surface area contributed by atoms with E-state index in [1.807, 2.05) is 0 Å². The van der Waals surface area contributed by atoms with Gasteiger partial charge in [-0.2, -0.15) is 0 Å². The van der Waals surface area contributed by atoms with Gasteiger partial charge in [0.05, 0.1) is 6.61 Å². The number of carbonyl (C=O) groups excluding carboxylic acids is 2. The molecule has 1 fully saturated rings. The van der Waals surface area contributed by atoms with E-state index in [0.29, 0.717) is 13.2 Å². The molecule has 0 aromatic heterocycles. The molecule has 2 N–H and O–H groups in total. The number of aliphatic carboxylic acids is 1. The average molecular weight is 284 g/mol. The molecule has 1 rings (SSSR count). The Hall–Kier alpha value is -1.89. The Labute approximate surface area is 117 Å². The van der Waals surface area contributed by atoms with E-state index < -0.39 is 17.9 Å². The van der Waals surface area contributed by atoms with Crippen molar-refractivity contribution in [3.63, 3.8) is 0 Å². The molecule has 0 atom stereocenters. The van der Waals surface area contributed by atoms with Crippen LogP contribution in [0.15, 0.2) is 11.1 Å². The molecule has 0 bridgehead atoms. The Kier molecular flexibility index (Phi) is 5.69. The highest BCUT2D eigenvalue weighted by molar-refractivity contribution is 6.07. The van der Waals surface area contributed by atoms with E-state index in [0.717, 1.165) is 12.8 Å². The molecule has 0 aliphatic heterocycles. The van der Waals surface area contributed by atoms with E-state index in [9.17, 15) is 14.4 Å². The fourth-order valence-electron chi connectivity index (χ4n) is 1.62. The fraction of sp³-hybridized carbons (Fsp3) is 0.615. The molecule has 3 amide bonds. The van der Waals surface area contributed by atoms with E-state index in [-0.39, 0.29) is 17.2 Å². The topological polar surface area (TPSA) is 95.9 Å². The largest absolute Gasteiger partial charge is 0.478 e. The number of nitrogens with zero attached hydrogens (tertiary/aromatic N) is 1. The predicted molar refractivity (Wildman–Crippen MR) is 71.2 cm³/mol. The van der Waals surface area contributed by atoms with Gasteiger partial charge in [0, 0.05) is 30.8 Å². The molecule has 0 unspecified atom stereocenters. The fourth-order valence-corrected chi connectivity index (χ4v) is 1.62. The highest BCUT2D eigenvalue weighted by atomic mass is 16.5. The van der Waals surface area contributed by atoms with Crippen LogP contribution in [0.2, 0.25) is 0 Å². The first-order valence-corrected chi connectivity index (χ1v) is 6.40. The quantitative estimate of drug-likeness (QED) is 0.702. The minimum absolute atomic E-state index is 0.0216. The maximum Gasteiger partial charge on any atom is 0.331 e. The van der Waals surface area contributed by atoms with Gasteiger partial charge in [0.2, 0.25) is 0 Å². The average Bonchev–Trinajstić information content (AvgIpc) is 3.21. The zero-order valence-electron chi connectivity index (χ0n) is 11.9. The number of imide groups is 1. The molecule has 0 aromatic rings. The summed E-state index contributed by atoms with van der Waals surface area (Å²) in [6.45, 7) is 3.50. The lowest BCUT2D eigenvalue weighted by atomic mass is 10.1. The number of rotatable bonds is 6. The highest BCUT2D eigenvalue weighted by Crippen LogP contribution is 2.26. The lowest BCUT2D eigenvalue weighted by Crippen LogP contribution is -2.45. The van der Waals surface area contributed by atoms with Crippen molar-refractivity contribution in [2.45, 2.75) is 32.7 Å². The second kappa shape index (κ2) is 7.04. The van der Waals surface area contributed by atoms with Gasteiger partial charge in [0.25, 0.3) is 5.91 Å². The smallest absolute Gasteiger partial charge is 0.331 e. The molecule has 20 heavy (non-hydrogen) atoms. The highest BCUT2D eigenvalue weighted by Gasteiger charge is 2.33. The molecule has 0 aromatic carbocycles. The summed E-state index contributed by atoms with van der Waals surface area (Å²) >= 11 is 0.